The van der Waals surface area contributed by atoms with Gasteiger partial charge in [0.1, 0.15) is 12.0 Å². The SMILES string of the molecule is Cc1cc(C)c(C2C(=O)CC(C(C)Sc3ccc(C(F)(F)F)cc3)OC2=O)c(C)c1. The number of carbonyl (C=O) groups excluding carboxylic acids is 2. The Morgan fingerprint density at radius 3 is 2.10 bits per heavy atom. The highest BCUT2D eigenvalue weighted by Gasteiger charge is 2.41. The number of carbonyl (C=O) groups is 2. The second-order valence-corrected chi connectivity index (χ2v) is 9.19. The van der Waals surface area contributed by atoms with E-state index in [9.17, 15) is 22.8 Å². The molecule has 1 heterocycles. The van der Waals surface area contributed by atoms with E-state index in [0.29, 0.717) is 10.5 Å². The second kappa shape index (κ2) is 8.46. The van der Waals surface area contributed by atoms with E-state index in [1.165, 1.54) is 23.9 Å². The number of Topliss-reactive ketones (excluding diaryl/α,β-unsaturated/α-hetero) is 1. The molecule has 30 heavy (non-hydrogen) atoms. The van der Waals surface area contributed by atoms with Crippen LogP contribution in [0.1, 0.15) is 47.1 Å². The number of ketones is 1. The van der Waals surface area contributed by atoms with Crippen molar-refractivity contribution in [2.24, 2.45) is 0 Å². The normalized spacial score (nSPS) is 20.8. The zero-order valence-electron chi connectivity index (χ0n) is 17.2. The van der Waals surface area contributed by atoms with E-state index in [1.54, 1.807) is 6.92 Å². The van der Waals surface area contributed by atoms with Crippen molar-refractivity contribution in [2.75, 3.05) is 0 Å². The van der Waals surface area contributed by atoms with Crippen molar-refractivity contribution in [1.82, 2.24) is 0 Å². The van der Waals surface area contributed by atoms with Crippen LogP contribution in [-0.2, 0) is 20.5 Å². The summed E-state index contributed by atoms with van der Waals surface area (Å²) >= 11 is 1.28. The molecule has 1 aliphatic heterocycles. The van der Waals surface area contributed by atoms with E-state index < -0.39 is 29.7 Å². The molecule has 0 saturated carbocycles. The maximum Gasteiger partial charge on any atom is 0.416 e. The van der Waals surface area contributed by atoms with E-state index in [1.807, 2.05) is 32.9 Å². The predicted octanol–water partition coefficient (Wildman–Crippen LogP) is 5.78. The summed E-state index contributed by atoms with van der Waals surface area (Å²) in [5.41, 5.74) is 2.81. The molecule has 7 heteroatoms. The molecule has 3 unspecified atom stereocenters. The number of aryl methyl sites for hydroxylation is 3. The van der Waals surface area contributed by atoms with Crippen molar-refractivity contribution >= 4 is 23.5 Å². The maximum atomic E-state index is 12.9. The highest BCUT2D eigenvalue weighted by Crippen LogP contribution is 2.37. The number of rotatable bonds is 4. The number of hydrogen-bond donors (Lipinski definition) is 0. The molecule has 2 aromatic rings. The van der Waals surface area contributed by atoms with Crippen LogP contribution in [0, 0.1) is 20.8 Å². The van der Waals surface area contributed by atoms with Gasteiger partial charge in [0.2, 0.25) is 0 Å². The Labute approximate surface area is 178 Å². The number of thioether (sulfide) groups is 1. The third-order valence-electron chi connectivity index (χ3n) is 5.28. The smallest absolute Gasteiger partial charge is 0.416 e. The van der Waals surface area contributed by atoms with Crippen LogP contribution in [0.25, 0.3) is 0 Å². The summed E-state index contributed by atoms with van der Waals surface area (Å²) in [5.74, 6) is -1.68. The Balaban J connectivity index is 1.72. The summed E-state index contributed by atoms with van der Waals surface area (Å²) in [7, 11) is 0. The summed E-state index contributed by atoms with van der Waals surface area (Å²) in [6.07, 6.45) is -4.93. The molecule has 0 radical (unpaired) electrons. The molecule has 2 aromatic carbocycles. The van der Waals surface area contributed by atoms with Gasteiger partial charge >= 0.3 is 12.1 Å². The molecule has 1 aliphatic rings. The first-order valence-electron chi connectivity index (χ1n) is 9.62. The molecule has 1 fully saturated rings. The van der Waals surface area contributed by atoms with Gasteiger partial charge in [0, 0.05) is 16.6 Å². The van der Waals surface area contributed by atoms with Crippen LogP contribution < -0.4 is 0 Å². The van der Waals surface area contributed by atoms with E-state index in [2.05, 4.69) is 0 Å². The van der Waals surface area contributed by atoms with E-state index in [4.69, 9.17) is 4.74 Å². The number of esters is 1. The minimum Gasteiger partial charge on any atom is -0.460 e. The number of hydrogen-bond acceptors (Lipinski definition) is 4. The average molecular weight is 436 g/mol. The van der Waals surface area contributed by atoms with Gasteiger partial charge in [-0.3, -0.25) is 9.59 Å². The third kappa shape index (κ3) is 4.72. The van der Waals surface area contributed by atoms with E-state index in [-0.39, 0.29) is 17.5 Å². The summed E-state index contributed by atoms with van der Waals surface area (Å²) in [6, 6.07) is 8.70. The zero-order valence-corrected chi connectivity index (χ0v) is 18.0. The first-order chi connectivity index (χ1) is 14.0. The van der Waals surface area contributed by atoms with Crippen molar-refractivity contribution in [1.29, 1.82) is 0 Å². The summed E-state index contributed by atoms with van der Waals surface area (Å²) < 4.78 is 43.8. The molecular formula is C23H23F3O3S. The van der Waals surface area contributed by atoms with Crippen molar-refractivity contribution in [3.8, 4) is 0 Å². The third-order valence-corrected chi connectivity index (χ3v) is 6.50. The van der Waals surface area contributed by atoms with Crippen molar-refractivity contribution in [3.05, 3.63) is 64.2 Å². The van der Waals surface area contributed by atoms with Crippen LogP contribution in [0.5, 0.6) is 0 Å². The van der Waals surface area contributed by atoms with E-state index >= 15 is 0 Å². The van der Waals surface area contributed by atoms with Gasteiger partial charge in [-0.05, 0) is 68.7 Å². The fourth-order valence-electron chi connectivity index (χ4n) is 3.91. The van der Waals surface area contributed by atoms with Gasteiger partial charge in [0.05, 0.1) is 5.56 Å². The van der Waals surface area contributed by atoms with E-state index in [0.717, 1.165) is 28.8 Å². The lowest BCUT2D eigenvalue weighted by Gasteiger charge is -2.32. The van der Waals surface area contributed by atoms with Crippen molar-refractivity contribution < 1.29 is 27.5 Å². The molecule has 1 saturated heterocycles. The maximum absolute atomic E-state index is 12.9. The lowest BCUT2D eigenvalue weighted by molar-refractivity contribution is -0.160. The van der Waals surface area contributed by atoms with Crippen LogP contribution >= 0.6 is 11.8 Å². The molecular weight excluding hydrogens is 413 g/mol. The first kappa shape index (κ1) is 22.4. The number of halogens is 3. The predicted molar refractivity (Wildman–Crippen MR) is 110 cm³/mol. The van der Waals surface area contributed by atoms with Crippen LogP contribution in [-0.4, -0.2) is 23.1 Å². The average Bonchev–Trinajstić information content (AvgIpc) is 2.62. The van der Waals surface area contributed by atoms with Crippen LogP contribution in [0.3, 0.4) is 0 Å². The van der Waals surface area contributed by atoms with Crippen molar-refractivity contribution in [2.45, 2.75) is 62.5 Å². The molecule has 160 valence electrons. The molecule has 0 bridgehead atoms. The second-order valence-electron chi connectivity index (χ2n) is 7.74. The summed E-state index contributed by atoms with van der Waals surface area (Å²) in [6.45, 7) is 7.52. The number of benzene rings is 2. The minimum atomic E-state index is -4.39. The largest absolute Gasteiger partial charge is 0.460 e. The lowest BCUT2D eigenvalue weighted by Crippen LogP contribution is -2.41. The molecule has 3 rings (SSSR count). The highest BCUT2D eigenvalue weighted by molar-refractivity contribution is 8.00. The van der Waals surface area contributed by atoms with Crippen molar-refractivity contribution in [3.63, 3.8) is 0 Å². The molecule has 3 nitrogen and oxygen atoms in total. The van der Waals surface area contributed by atoms with Gasteiger partial charge in [0.25, 0.3) is 0 Å². The highest BCUT2D eigenvalue weighted by atomic mass is 32.2. The van der Waals surface area contributed by atoms with Gasteiger partial charge in [-0.1, -0.05) is 17.7 Å². The van der Waals surface area contributed by atoms with Gasteiger partial charge in [0.15, 0.2) is 5.78 Å². The Kier molecular flexibility index (Phi) is 6.32. The molecule has 0 amide bonds. The molecule has 3 atom stereocenters. The number of ether oxygens (including phenoxy) is 1. The van der Waals surface area contributed by atoms with Crippen LogP contribution in [0.15, 0.2) is 41.3 Å². The van der Waals surface area contributed by atoms with Crippen LogP contribution in [0.2, 0.25) is 0 Å². The lowest BCUT2D eigenvalue weighted by atomic mass is 9.83. The molecule has 0 spiro atoms. The fraction of sp³-hybridized carbons (Fsp3) is 0.391. The Bertz CT molecular complexity index is 926. The van der Waals surface area contributed by atoms with Crippen LogP contribution in [0.4, 0.5) is 13.2 Å². The standard InChI is InChI=1S/C23H23F3O3S/c1-12-9-13(2)20(14(3)10-12)21-18(27)11-19(29-22(21)28)15(4)30-17-7-5-16(6-8-17)23(24,25)26/h5-10,15,19,21H,11H2,1-4H3. The number of cyclic esters (lactones) is 1. The quantitative estimate of drug-likeness (QED) is 0.346. The Morgan fingerprint density at radius 1 is 1.03 bits per heavy atom. The molecule has 0 N–H and O–H groups in total. The van der Waals surface area contributed by atoms with Gasteiger partial charge in [-0.2, -0.15) is 13.2 Å². The van der Waals surface area contributed by atoms with Gasteiger partial charge < -0.3 is 4.74 Å². The van der Waals surface area contributed by atoms with Gasteiger partial charge in [-0.25, -0.2) is 0 Å². The molecule has 0 aliphatic carbocycles. The Morgan fingerprint density at radius 2 is 1.60 bits per heavy atom. The zero-order chi connectivity index (χ0) is 22.2. The summed E-state index contributed by atoms with van der Waals surface area (Å²) in [4.78, 5) is 26.2. The minimum absolute atomic E-state index is 0.0813. The topological polar surface area (TPSA) is 43.4 Å². The Hall–Kier alpha value is -2.28. The van der Waals surface area contributed by atoms with Gasteiger partial charge in [-0.15, -0.1) is 11.8 Å². The first-order valence-corrected chi connectivity index (χ1v) is 10.5. The summed E-state index contributed by atoms with van der Waals surface area (Å²) in [5, 5.41) is -0.282. The fourth-order valence-corrected chi connectivity index (χ4v) is 4.93. The molecule has 0 aromatic heterocycles. The number of alkyl halides is 3. The monoisotopic (exact) mass is 436 g/mol.